The first-order valence-corrected chi connectivity index (χ1v) is 11.6. The van der Waals surface area contributed by atoms with Gasteiger partial charge in [0.15, 0.2) is 5.96 Å². The molecule has 174 valence electrons. The smallest absolute Gasteiger partial charge is 0.193 e. The van der Waals surface area contributed by atoms with Gasteiger partial charge in [0.1, 0.15) is 5.75 Å². The zero-order chi connectivity index (χ0) is 20.9. The Morgan fingerprint density at radius 1 is 1.06 bits per heavy atom. The fourth-order valence-corrected chi connectivity index (χ4v) is 5.11. The SMILES string of the molecule is CCNC(=NCC1(c2ccc(OCC)cc2)CCOCC1)N1CCC2(CCOC2)C1.I. The molecule has 0 amide bonds. The van der Waals surface area contributed by atoms with Crippen molar-refractivity contribution in [1.82, 2.24) is 10.2 Å². The van der Waals surface area contributed by atoms with Crippen molar-refractivity contribution in [1.29, 1.82) is 0 Å². The van der Waals surface area contributed by atoms with Crippen LogP contribution in [-0.4, -0.2) is 70.1 Å². The molecule has 0 saturated carbocycles. The van der Waals surface area contributed by atoms with E-state index in [4.69, 9.17) is 19.2 Å². The van der Waals surface area contributed by atoms with Crippen molar-refractivity contribution in [2.75, 3.05) is 59.2 Å². The minimum absolute atomic E-state index is 0. The van der Waals surface area contributed by atoms with Crippen molar-refractivity contribution in [2.24, 2.45) is 10.4 Å². The lowest BCUT2D eigenvalue weighted by Crippen LogP contribution is -2.43. The van der Waals surface area contributed by atoms with E-state index in [-0.39, 0.29) is 29.4 Å². The monoisotopic (exact) mass is 543 g/mol. The summed E-state index contributed by atoms with van der Waals surface area (Å²) < 4.78 is 17.1. The summed E-state index contributed by atoms with van der Waals surface area (Å²) in [6, 6.07) is 8.63. The molecule has 1 unspecified atom stereocenters. The Morgan fingerprint density at radius 3 is 2.45 bits per heavy atom. The molecular formula is C24H38IN3O3. The van der Waals surface area contributed by atoms with Crippen LogP contribution >= 0.6 is 24.0 Å². The molecule has 3 saturated heterocycles. The van der Waals surface area contributed by atoms with E-state index in [0.717, 1.165) is 77.2 Å². The molecule has 1 aromatic rings. The van der Waals surface area contributed by atoms with E-state index in [1.807, 2.05) is 6.92 Å². The van der Waals surface area contributed by atoms with Gasteiger partial charge in [-0.15, -0.1) is 24.0 Å². The molecular weight excluding hydrogens is 505 g/mol. The number of hydrogen-bond acceptors (Lipinski definition) is 4. The number of halogens is 1. The molecule has 4 rings (SSSR count). The van der Waals surface area contributed by atoms with Gasteiger partial charge in [-0.3, -0.25) is 4.99 Å². The Balaban J connectivity index is 0.00000272. The van der Waals surface area contributed by atoms with Crippen LogP contribution in [0.25, 0.3) is 0 Å². The Hall–Kier alpha value is -1.06. The third-order valence-electron chi connectivity index (χ3n) is 7.02. The van der Waals surface area contributed by atoms with Gasteiger partial charge >= 0.3 is 0 Å². The maximum absolute atomic E-state index is 5.72. The van der Waals surface area contributed by atoms with E-state index in [1.165, 1.54) is 18.4 Å². The first-order valence-electron chi connectivity index (χ1n) is 11.6. The summed E-state index contributed by atoms with van der Waals surface area (Å²) in [5.41, 5.74) is 1.70. The van der Waals surface area contributed by atoms with Crippen LogP contribution in [-0.2, 0) is 14.9 Å². The minimum atomic E-state index is 0. The number of rotatable bonds is 6. The van der Waals surface area contributed by atoms with Gasteiger partial charge in [0, 0.05) is 50.3 Å². The quantitative estimate of drug-likeness (QED) is 0.336. The summed E-state index contributed by atoms with van der Waals surface area (Å²) in [5.74, 6) is 1.99. The number of aliphatic imine (C=N–C) groups is 1. The number of nitrogens with one attached hydrogen (secondary N) is 1. The zero-order valence-corrected chi connectivity index (χ0v) is 21.4. The predicted octanol–water partition coefficient (Wildman–Crippen LogP) is 3.83. The third-order valence-corrected chi connectivity index (χ3v) is 7.02. The standard InChI is InChI=1S/C24H37N3O3.HI/c1-3-25-22(27-13-9-23(18-27)10-14-29-19-23)26-17-24(11-15-28-16-12-24)20-5-7-21(8-6-20)30-4-2;/h5-8H,3-4,9-19H2,1-2H3,(H,25,26);1H. The molecule has 1 spiro atoms. The molecule has 1 atom stereocenters. The summed E-state index contributed by atoms with van der Waals surface area (Å²) >= 11 is 0. The van der Waals surface area contributed by atoms with Crippen LogP contribution in [0.1, 0.15) is 45.1 Å². The molecule has 1 aromatic carbocycles. The maximum atomic E-state index is 5.72. The van der Waals surface area contributed by atoms with E-state index in [2.05, 4.69) is 41.4 Å². The Morgan fingerprint density at radius 2 is 1.81 bits per heavy atom. The first kappa shape index (κ1) is 24.6. The fraction of sp³-hybridized carbons (Fsp3) is 0.708. The van der Waals surface area contributed by atoms with Crippen molar-refractivity contribution in [2.45, 2.75) is 44.9 Å². The molecule has 3 heterocycles. The van der Waals surface area contributed by atoms with E-state index in [9.17, 15) is 0 Å². The molecule has 6 nitrogen and oxygen atoms in total. The van der Waals surface area contributed by atoms with Gasteiger partial charge in [0.2, 0.25) is 0 Å². The maximum Gasteiger partial charge on any atom is 0.193 e. The average Bonchev–Trinajstić information content (AvgIpc) is 3.42. The Bertz CT molecular complexity index is 713. The Labute approximate surface area is 204 Å². The first-order chi connectivity index (χ1) is 14.7. The number of ether oxygens (including phenoxy) is 3. The summed E-state index contributed by atoms with van der Waals surface area (Å²) in [5, 5.41) is 3.55. The highest BCUT2D eigenvalue weighted by molar-refractivity contribution is 14.0. The number of hydrogen-bond donors (Lipinski definition) is 1. The molecule has 1 N–H and O–H groups in total. The zero-order valence-electron chi connectivity index (χ0n) is 19.0. The van der Waals surface area contributed by atoms with Crippen molar-refractivity contribution < 1.29 is 14.2 Å². The second-order valence-electron chi connectivity index (χ2n) is 8.99. The molecule has 0 radical (unpaired) electrons. The lowest BCUT2D eigenvalue weighted by molar-refractivity contribution is 0.0530. The summed E-state index contributed by atoms with van der Waals surface area (Å²) in [7, 11) is 0. The molecule has 0 aliphatic carbocycles. The van der Waals surface area contributed by atoms with E-state index >= 15 is 0 Å². The highest BCUT2D eigenvalue weighted by Crippen LogP contribution is 2.39. The Kier molecular flexibility index (Phi) is 8.87. The van der Waals surface area contributed by atoms with Crippen LogP contribution in [0.15, 0.2) is 29.3 Å². The molecule has 3 aliphatic rings. The normalized spacial score (nSPS) is 25.5. The van der Waals surface area contributed by atoms with Gasteiger partial charge in [-0.1, -0.05) is 12.1 Å². The lowest BCUT2D eigenvalue weighted by atomic mass is 9.74. The second-order valence-corrected chi connectivity index (χ2v) is 8.99. The largest absolute Gasteiger partial charge is 0.494 e. The number of nitrogens with zero attached hydrogens (tertiary/aromatic N) is 2. The van der Waals surface area contributed by atoms with Crippen LogP contribution in [0.4, 0.5) is 0 Å². The molecule has 7 heteroatoms. The lowest BCUT2D eigenvalue weighted by Gasteiger charge is -2.37. The summed E-state index contributed by atoms with van der Waals surface area (Å²) in [4.78, 5) is 7.63. The van der Waals surface area contributed by atoms with Gasteiger partial charge in [-0.2, -0.15) is 0 Å². The van der Waals surface area contributed by atoms with Crippen LogP contribution in [0, 0.1) is 5.41 Å². The fourth-order valence-electron chi connectivity index (χ4n) is 5.11. The van der Waals surface area contributed by atoms with Crippen LogP contribution in [0.3, 0.4) is 0 Å². The number of benzene rings is 1. The van der Waals surface area contributed by atoms with Gasteiger partial charge < -0.3 is 24.4 Å². The van der Waals surface area contributed by atoms with Crippen LogP contribution < -0.4 is 10.1 Å². The molecule has 3 aliphatic heterocycles. The van der Waals surface area contributed by atoms with Crippen LogP contribution in [0.5, 0.6) is 5.75 Å². The van der Waals surface area contributed by atoms with Crippen LogP contribution in [0.2, 0.25) is 0 Å². The molecule has 0 bridgehead atoms. The second kappa shape index (κ2) is 11.2. The van der Waals surface area contributed by atoms with Crippen molar-refractivity contribution >= 4 is 29.9 Å². The van der Waals surface area contributed by atoms with Crippen molar-refractivity contribution in [3.63, 3.8) is 0 Å². The van der Waals surface area contributed by atoms with E-state index < -0.39 is 0 Å². The predicted molar refractivity (Wildman–Crippen MR) is 135 cm³/mol. The minimum Gasteiger partial charge on any atom is -0.494 e. The van der Waals surface area contributed by atoms with Gasteiger partial charge in [0.05, 0.1) is 19.8 Å². The topological polar surface area (TPSA) is 55.3 Å². The number of guanidine groups is 1. The van der Waals surface area contributed by atoms with Crippen molar-refractivity contribution in [3.8, 4) is 5.75 Å². The highest BCUT2D eigenvalue weighted by atomic mass is 127. The summed E-state index contributed by atoms with van der Waals surface area (Å²) in [6.45, 7) is 12.0. The highest BCUT2D eigenvalue weighted by Gasteiger charge is 2.42. The summed E-state index contributed by atoms with van der Waals surface area (Å²) in [6.07, 6.45) is 4.38. The molecule has 31 heavy (non-hydrogen) atoms. The number of likely N-dealkylation sites (tertiary alicyclic amines) is 1. The average molecular weight is 543 g/mol. The van der Waals surface area contributed by atoms with Gasteiger partial charge in [-0.25, -0.2) is 0 Å². The molecule has 0 aromatic heterocycles. The van der Waals surface area contributed by atoms with Gasteiger partial charge in [0.25, 0.3) is 0 Å². The van der Waals surface area contributed by atoms with E-state index in [1.54, 1.807) is 0 Å². The molecule has 3 fully saturated rings. The third kappa shape index (κ3) is 5.66. The van der Waals surface area contributed by atoms with Gasteiger partial charge in [-0.05, 0) is 57.2 Å². The van der Waals surface area contributed by atoms with E-state index in [0.29, 0.717) is 12.0 Å². The van der Waals surface area contributed by atoms with Crippen molar-refractivity contribution in [3.05, 3.63) is 29.8 Å².